The Kier molecular flexibility index (Phi) is 8.53. The lowest BCUT2D eigenvalue weighted by atomic mass is 9.76. The highest BCUT2D eigenvalue weighted by molar-refractivity contribution is 6.43. The SMILES string of the molecule is Cl.Cl.Clc1cnc(Cl)c(Cl)c1[C@H](C1CCC1)N1CCNCC1. The molecule has 1 aliphatic heterocycles. The molecule has 0 amide bonds. The molecule has 0 radical (unpaired) electrons. The van der Waals surface area contributed by atoms with Crippen molar-refractivity contribution in [1.29, 1.82) is 0 Å². The molecule has 2 fully saturated rings. The molecule has 0 bridgehead atoms. The van der Waals surface area contributed by atoms with Gasteiger partial charge in [0.1, 0.15) is 5.15 Å². The van der Waals surface area contributed by atoms with E-state index in [9.17, 15) is 0 Å². The van der Waals surface area contributed by atoms with Crippen LogP contribution in [0.1, 0.15) is 30.9 Å². The monoisotopic (exact) mass is 405 g/mol. The number of pyridine rings is 1. The van der Waals surface area contributed by atoms with Crippen molar-refractivity contribution < 1.29 is 0 Å². The third-order valence-corrected chi connectivity index (χ3v) is 5.47. The average molecular weight is 408 g/mol. The van der Waals surface area contributed by atoms with E-state index >= 15 is 0 Å². The van der Waals surface area contributed by atoms with Crippen molar-refractivity contribution in [2.75, 3.05) is 26.2 Å². The zero-order valence-corrected chi connectivity index (χ0v) is 15.9. The minimum atomic E-state index is 0. The second-order valence-corrected chi connectivity index (χ2v) is 6.69. The lowest BCUT2D eigenvalue weighted by Crippen LogP contribution is -2.48. The van der Waals surface area contributed by atoms with E-state index in [1.54, 1.807) is 6.20 Å². The Bertz CT molecular complexity index is 490. The first-order valence-corrected chi connectivity index (χ1v) is 8.26. The number of halogens is 5. The van der Waals surface area contributed by atoms with E-state index in [0.717, 1.165) is 31.7 Å². The summed E-state index contributed by atoms with van der Waals surface area (Å²) in [5.41, 5.74) is 0.972. The molecule has 1 aromatic heterocycles. The number of hydrogen-bond acceptors (Lipinski definition) is 3. The van der Waals surface area contributed by atoms with Crippen LogP contribution in [0.3, 0.4) is 0 Å². The van der Waals surface area contributed by atoms with Crippen molar-refractivity contribution in [3.05, 3.63) is 27.0 Å². The highest BCUT2D eigenvalue weighted by Gasteiger charge is 2.36. The lowest BCUT2D eigenvalue weighted by Gasteiger charge is -2.43. The van der Waals surface area contributed by atoms with Gasteiger partial charge in [-0.15, -0.1) is 24.8 Å². The quantitative estimate of drug-likeness (QED) is 0.741. The van der Waals surface area contributed by atoms with Crippen LogP contribution in [0.2, 0.25) is 15.2 Å². The van der Waals surface area contributed by atoms with E-state index < -0.39 is 0 Å². The normalized spacial score (nSPS) is 20.5. The first kappa shape index (κ1) is 20.6. The predicted octanol–water partition coefficient (Wildman–Crippen LogP) is 4.63. The topological polar surface area (TPSA) is 28.2 Å². The van der Waals surface area contributed by atoms with Crippen LogP contribution in [0.4, 0.5) is 0 Å². The molecule has 0 aromatic carbocycles. The Morgan fingerprint density at radius 3 is 2.32 bits per heavy atom. The van der Waals surface area contributed by atoms with Crippen LogP contribution in [0.15, 0.2) is 6.20 Å². The standard InChI is InChI=1S/C14H18Cl3N3.2ClH/c15-10-8-19-14(17)12(16)11(10)13(9-2-1-3-9)20-6-4-18-5-7-20;;/h8-9,13,18H,1-7H2;2*1H/t13-;;/m0../s1. The molecule has 1 saturated heterocycles. The van der Waals surface area contributed by atoms with Crippen molar-refractivity contribution in [1.82, 2.24) is 15.2 Å². The molecule has 1 aliphatic carbocycles. The fourth-order valence-electron chi connectivity index (χ4n) is 3.16. The fourth-order valence-corrected chi connectivity index (χ4v) is 3.88. The van der Waals surface area contributed by atoms with Gasteiger partial charge in [0.25, 0.3) is 0 Å². The molecule has 2 aliphatic rings. The average Bonchev–Trinajstić information content (AvgIpc) is 2.41. The second kappa shape index (κ2) is 9.12. The maximum atomic E-state index is 6.42. The van der Waals surface area contributed by atoms with Gasteiger partial charge in [0.2, 0.25) is 0 Å². The van der Waals surface area contributed by atoms with Crippen LogP contribution >= 0.6 is 59.6 Å². The molecule has 126 valence electrons. The minimum Gasteiger partial charge on any atom is -0.314 e. The molecular formula is C14H20Cl5N3. The minimum absolute atomic E-state index is 0. The smallest absolute Gasteiger partial charge is 0.148 e. The van der Waals surface area contributed by atoms with Gasteiger partial charge in [-0.05, 0) is 18.8 Å². The van der Waals surface area contributed by atoms with Gasteiger partial charge >= 0.3 is 0 Å². The molecule has 3 rings (SSSR count). The Labute approximate surface area is 158 Å². The third-order valence-electron chi connectivity index (χ3n) is 4.40. The predicted molar refractivity (Wildman–Crippen MR) is 98.3 cm³/mol. The largest absolute Gasteiger partial charge is 0.314 e. The second-order valence-electron chi connectivity index (χ2n) is 5.55. The number of piperazine rings is 1. The number of nitrogens with zero attached hydrogens (tertiary/aromatic N) is 2. The van der Waals surface area contributed by atoms with Crippen LogP contribution in [0.5, 0.6) is 0 Å². The van der Waals surface area contributed by atoms with Crippen molar-refractivity contribution in [3.8, 4) is 0 Å². The summed E-state index contributed by atoms with van der Waals surface area (Å²) >= 11 is 18.9. The number of rotatable bonds is 3. The summed E-state index contributed by atoms with van der Waals surface area (Å²) in [5.74, 6) is 0.626. The Hall–Kier alpha value is 0.520. The molecular weight excluding hydrogens is 387 g/mol. The first-order chi connectivity index (χ1) is 9.68. The number of aromatic nitrogens is 1. The van der Waals surface area contributed by atoms with E-state index in [-0.39, 0.29) is 30.9 Å². The molecule has 1 N–H and O–H groups in total. The fraction of sp³-hybridized carbons (Fsp3) is 0.643. The van der Waals surface area contributed by atoms with E-state index in [4.69, 9.17) is 34.8 Å². The Balaban J connectivity index is 0.00000121. The maximum Gasteiger partial charge on any atom is 0.148 e. The van der Waals surface area contributed by atoms with E-state index in [1.165, 1.54) is 19.3 Å². The molecule has 1 atom stereocenters. The van der Waals surface area contributed by atoms with Crippen LogP contribution in [-0.4, -0.2) is 36.1 Å². The van der Waals surface area contributed by atoms with Gasteiger partial charge in [0.05, 0.1) is 10.0 Å². The molecule has 0 spiro atoms. The van der Waals surface area contributed by atoms with Crippen LogP contribution in [0, 0.1) is 5.92 Å². The van der Waals surface area contributed by atoms with Crippen molar-refractivity contribution in [3.63, 3.8) is 0 Å². The van der Waals surface area contributed by atoms with Crippen LogP contribution < -0.4 is 5.32 Å². The van der Waals surface area contributed by atoms with Gasteiger partial charge in [-0.25, -0.2) is 4.98 Å². The van der Waals surface area contributed by atoms with Crippen molar-refractivity contribution >= 4 is 59.6 Å². The van der Waals surface area contributed by atoms with Crippen molar-refractivity contribution in [2.24, 2.45) is 5.92 Å². The molecule has 1 saturated carbocycles. The zero-order chi connectivity index (χ0) is 14.1. The molecule has 22 heavy (non-hydrogen) atoms. The van der Waals surface area contributed by atoms with Crippen LogP contribution in [-0.2, 0) is 0 Å². The molecule has 0 unspecified atom stereocenters. The highest BCUT2D eigenvalue weighted by Crippen LogP contribution is 2.46. The lowest BCUT2D eigenvalue weighted by molar-refractivity contribution is 0.0838. The third kappa shape index (κ3) is 4.13. The van der Waals surface area contributed by atoms with Crippen LogP contribution in [0.25, 0.3) is 0 Å². The van der Waals surface area contributed by atoms with Gasteiger partial charge in [-0.3, -0.25) is 4.90 Å². The first-order valence-electron chi connectivity index (χ1n) is 7.12. The Morgan fingerprint density at radius 2 is 1.77 bits per heavy atom. The Morgan fingerprint density at radius 1 is 1.14 bits per heavy atom. The number of nitrogens with one attached hydrogen (secondary N) is 1. The summed E-state index contributed by atoms with van der Waals surface area (Å²) in [6, 6.07) is 0.270. The van der Waals surface area contributed by atoms with Gasteiger partial charge < -0.3 is 5.32 Å². The van der Waals surface area contributed by atoms with Crippen molar-refractivity contribution in [2.45, 2.75) is 25.3 Å². The van der Waals surface area contributed by atoms with Gasteiger partial charge in [0, 0.05) is 44.0 Å². The van der Waals surface area contributed by atoms with Gasteiger partial charge in [-0.2, -0.15) is 0 Å². The maximum absolute atomic E-state index is 6.42. The molecule has 8 heteroatoms. The summed E-state index contributed by atoms with van der Waals surface area (Å²) < 4.78 is 0. The molecule has 2 heterocycles. The van der Waals surface area contributed by atoms with E-state index in [2.05, 4.69) is 15.2 Å². The zero-order valence-electron chi connectivity index (χ0n) is 12.0. The molecule has 3 nitrogen and oxygen atoms in total. The molecule has 1 aromatic rings. The summed E-state index contributed by atoms with van der Waals surface area (Å²) in [6.07, 6.45) is 5.39. The summed E-state index contributed by atoms with van der Waals surface area (Å²) in [6.45, 7) is 4.07. The summed E-state index contributed by atoms with van der Waals surface area (Å²) in [4.78, 5) is 6.53. The van der Waals surface area contributed by atoms with Gasteiger partial charge in [-0.1, -0.05) is 41.2 Å². The number of hydrogen-bond donors (Lipinski definition) is 1. The van der Waals surface area contributed by atoms with E-state index in [1.807, 2.05) is 0 Å². The highest BCUT2D eigenvalue weighted by atomic mass is 35.5. The summed E-state index contributed by atoms with van der Waals surface area (Å²) in [5, 5.41) is 4.90. The van der Waals surface area contributed by atoms with Gasteiger partial charge in [0.15, 0.2) is 0 Å². The summed E-state index contributed by atoms with van der Waals surface area (Å²) in [7, 11) is 0. The van der Waals surface area contributed by atoms with E-state index in [0.29, 0.717) is 21.1 Å².